The highest BCUT2D eigenvalue weighted by molar-refractivity contribution is 5.73. The third-order valence-electron chi connectivity index (χ3n) is 3.30. The van der Waals surface area contributed by atoms with E-state index in [9.17, 15) is 18.7 Å². The fraction of sp³-hybridized carbons (Fsp3) is 0.533. The van der Waals surface area contributed by atoms with Crippen molar-refractivity contribution in [1.82, 2.24) is 10.6 Å². The van der Waals surface area contributed by atoms with Gasteiger partial charge in [0.2, 0.25) is 0 Å². The second kappa shape index (κ2) is 8.56. The number of benzene rings is 1. The van der Waals surface area contributed by atoms with Crippen LogP contribution in [0.4, 0.5) is 13.6 Å². The molecule has 0 saturated carbocycles. The largest absolute Gasteiger partial charge is 0.393 e. The van der Waals surface area contributed by atoms with Gasteiger partial charge in [-0.15, -0.1) is 0 Å². The van der Waals surface area contributed by atoms with E-state index < -0.39 is 17.7 Å². The maximum absolute atomic E-state index is 13.6. The van der Waals surface area contributed by atoms with Crippen molar-refractivity contribution in [3.05, 3.63) is 35.4 Å². The first-order valence-corrected chi connectivity index (χ1v) is 7.08. The first-order valence-electron chi connectivity index (χ1n) is 7.08. The number of urea groups is 1. The number of aliphatic hydroxyl groups excluding tert-OH is 1. The van der Waals surface area contributed by atoms with Crippen LogP contribution in [0.1, 0.15) is 38.2 Å². The number of carbonyl (C=O) groups is 1. The molecule has 118 valence electrons. The van der Waals surface area contributed by atoms with E-state index in [-0.39, 0.29) is 18.5 Å². The van der Waals surface area contributed by atoms with Gasteiger partial charge in [-0.05, 0) is 24.5 Å². The third kappa shape index (κ3) is 6.08. The van der Waals surface area contributed by atoms with E-state index in [1.54, 1.807) is 6.92 Å². The minimum Gasteiger partial charge on any atom is -0.393 e. The average molecular weight is 300 g/mol. The standard InChI is InChI=1S/C15H22F2N2O2/c1-3-12(20)6-7-18-15(21)19-9-10(2)13-5-4-11(16)8-14(13)17/h4-5,8,10,12,20H,3,6-7,9H2,1-2H3,(H2,18,19,21). The van der Waals surface area contributed by atoms with E-state index >= 15 is 0 Å². The molecule has 0 bridgehead atoms. The van der Waals surface area contributed by atoms with Crippen LogP contribution in [0.3, 0.4) is 0 Å². The zero-order valence-corrected chi connectivity index (χ0v) is 12.3. The van der Waals surface area contributed by atoms with Crippen LogP contribution in [0, 0.1) is 11.6 Å². The Kier molecular flexibility index (Phi) is 7.08. The van der Waals surface area contributed by atoms with Gasteiger partial charge < -0.3 is 15.7 Å². The highest BCUT2D eigenvalue weighted by Crippen LogP contribution is 2.18. The molecule has 2 unspecified atom stereocenters. The van der Waals surface area contributed by atoms with Crippen molar-refractivity contribution in [1.29, 1.82) is 0 Å². The van der Waals surface area contributed by atoms with Gasteiger partial charge >= 0.3 is 6.03 Å². The highest BCUT2D eigenvalue weighted by atomic mass is 19.1. The van der Waals surface area contributed by atoms with Gasteiger partial charge in [-0.2, -0.15) is 0 Å². The maximum atomic E-state index is 13.6. The van der Waals surface area contributed by atoms with Crippen molar-refractivity contribution in [3.8, 4) is 0 Å². The fourth-order valence-electron chi connectivity index (χ4n) is 1.88. The molecule has 0 aromatic heterocycles. The predicted molar refractivity (Wildman–Crippen MR) is 77.1 cm³/mol. The van der Waals surface area contributed by atoms with Gasteiger partial charge in [-0.1, -0.05) is 19.9 Å². The summed E-state index contributed by atoms with van der Waals surface area (Å²) in [5, 5.41) is 14.6. The number of carbonyl (C=O) groups excluding carboxylic acids is 1. The monoisotopic (exact) mass is 300 g/mol. The number of halogens is 2. The molecule has 1 aromatic carbocycles. The van der Waals surface area contributed by atoms with Crippen LogP contribution in [-0.2, 0) is 0 Å². The number of hydrogen-bond donors (Lipinski definition) is 3. The van der Waals surface area contributed by atoms with E-state index in [2.05, 4.69) is 10.6 Å². The molecule has 1 rings (SSSR count). The minimum absolute atomic E-state index is 0.241. The first kappa shape index (κ1) is 17.4. The lowest BCUT2D eigenvalue weighted by molar-refractivity contribution is 0.160. The lowest BCUT2D eigenvalue weighted by atomic mass is 10.0. The number of hydrogen-bond acceptors (Lipinski definition) is 2. The fourth-order valence-corrected chi connectivity index (χ4v) is 1.88. The summed E-state index contributed by atoms with van der Waals surface area (Å²) in [6.45, 7) is 4.23. The molecule has 0 spiro atoms. The van der Waals surface area contributed by atoms with Crippen molar-refractivity contribution in [3.63, 3.8) is 0 Å². The summed E-state index contributed by atoms with van der Waals surface area (Å²) in [5.41, 5.74) is 0.359. The second-order valence-electron chi connectivity index (χ2n) is 5.05. The molecular formula is C15H22F2N2O2. The van der Waals surface area contributed by atoms with E-state index in [1.807, 2.05) is 6.92 Å². The number of aliphatic hydroxyl groups is 1. The van der Waals surface area contributed by atoms with Gasteiger partial charge in [-0.3, -0.25) is 0 Å². The Morgan fingerprint density at radius 2 is 2.05 bits per heavy atom. The summed E-state index contributed by atoms with van der Waals surface area (Å²) in [6.07, 6.45) is 0.716. The topological polar surface area (TPSA) is 61.4 Å². The number of amides is 2. The zero-order valence-electron chi connectivity index (χ0n) is 12.3. The Bertz CT molecular complexity index is 469. The molecule has 1 aromatic rings. The van der Waals surface area contributed by atoms with Gasteiger partial charge in [0.1, 0.15) is 11.6 Å². The van der Waals surface area contributed by atoms with E-state index in [1.165, 1.54) is 12.1 Å². The third-order valence-corrected chi connectivity index (χ3v) is 3.30. The second-order valence-corrected chi connectivity index (χ2v) is 5.05. The average Bonchev–Trinajstić information content (AvgIpc) is 2.44. The molecule has 3 N–H and O–H groups in total. The van der Waals surface area contributed by atoms with Crippen molar-refractivity contribution in [2.24, 2.45) is 0 Å². The van der Waals surface area contributed by atoms with Crippen LogP contribution < -0.4 is 10.6 Å². The zero-order chi connectivity index (χ0) is 15.8. The SMILES string of the molecule is CCC(O)CCNC(=O)NCC(C)c1ccc(F)cc1F. The number of rotatable bonds is 7. The van der Waals surface area contributed by atoms with Gasteiger partial charge in [0, 0.05) is 25.1 Å². The van der Waals surface area contributed by atoms with Crippen molar-refractivity contribution < 1.29 is 18.7 Å². The minimum atomic E-state index is -0.622. The molecule has 2 atom stereocenters. The van der Waals surface area contributed by atoms with Crippen LogP contribution in [0.25, 0.3) is 0 Å². The highest BCUT2D eigenvalue weighted by Gasteiger charge is 2.13. The van der Waals surface area contributed by atoms with Gasteiger partial charge in [0.05, 0.1) is 6.10 Å². The molecule has 0 aliphatic heterocycles. The van der Waals surface area contributed by atoms with E-state index in [0.717, 1.165) is 6.07 Å². The Morgan fingerprint density at radius 1 is 1.33 bits per heavy atom. The molecule has 0 heterocycles. The molecule has 6 heteroatoms. The van der Waals surface area contributed by atoms with Gasteiger partial charge in [0.15, 0.2) is 0 Å². The molecule has 0 aliphatic carbocycles. The van der Waals surface area contributed by atoms with Crippen LogP contribution in [-0.4, -0.2) is 30.3 Å². The molecule has 2 amide bonds. The Hall–Kier alpha value is -1.69. The van der Waals surface area contributed by atoms with Crippen molar-refractivity contribution >= 4 is 6.03 Å². The van der Waals surface area contributed by atoms with Crippen LogP contribution in [0.5, 0.6) is 0 Å². The molecule has 21 heavy (non-hydrogen) atoms. The Morgan fingerprint density at radius 3 is 2.67 bits per heavy atom. The number of nitrogens with one attached hydrogen (secondary N) is 2. The first-order chi connectivity index (χ1) is 9.93. The maximum Gasteiger partial charge on any atom is 0.314 e. The Balaban J connectivity index is 2.35. The van der Waals surface area contributed by atoms with E-state index in [4.69, 9.17) is 0 Å². The van der Waals surface area contributed by atoms with Gasteiger partial charge in [-0.25, -0.2) is 13.6 Å². The lowest BCUT2D eigenvalue weighted by Gasteiger charge is -2.15. The summed E-state index contributed by atoms with van der Waals surface area (Å²) >= 11 is 0. The lowest BCUT2D eigenvalue weighted by Crippen LogP contribution is -2.38. The van der Waals surface area contributed by atoms with Crippen LogP contribution in [0.2, 0.25) is 0 Å². The summed E-state index contributed by atoms with van der Waals surface area (Å²) in [6, 6.07) is 3.04. The smallest absolute Gasteiger partial charge is 0.314 e. The molecule has 0 saturated heterocycles. The predicted octanol–water partition coefficient (Wildman–Crippen LogP) is 2.53. The molecule has 0 fully saturated rings. The normalized spacial score (nSPS) is 13.6. The molecule has 4 nitrogen and oxygen atoms in total. The summed E-state index contributed by atoms with van der Waals surface area (Å²) in [4.78, 5) is 11.5. The van der Waals surface area contributed by atoms with E-state index in [0.29, 0.717) is 24.9 Å². The van der Waals surface area contributed by atoms with Gasteiger partial charge in [0.25, 0.3) is 0 Å². The van der Waals surface area contributed by atoms with Crippen LogP contribution >= 0.6 is 0 Å². The summed E-state index contributed by atoms with van der Waals surface area (Å²) in [5.74, 6) is -1.50. The van der Waals surface area contributed by atoms with Crippen molar-refractivity contribution in [2.45, 2.75) is 38.7 Å². The molecular weight excluding hydrogens is 278 g/mol. The summed E-state index contributed by atoms with van der Waals surface area (Å²) < 4.78 is 26.4. The Labute approximate surface area is 123 Å². The van der Waals surface area contributed by atoms with Crippen LogP contribution in [0.15, 0.2) is 18.2 Å². The van der Waals surface area contributed by atoms with Crippen molar-refractivity contribution in [2.75, 3.05) is 13.1 Å². The molecule has 0 radical (unpaired) electrons. The molecule has 0 aliphatic rings. The summed E-state index contributed by atoms with van der Waals surface area (Å²) in [7, 11) is 0. The quantitative estimate of drug-likeness (QED) is 0.724.